The highest BCUT2D eigenvalue weighted by Gasteiger charge is 2.16. The molecule has 1 fully saturated rings. The van der Waals surface area contributed by atoms with Crippen LogP contribution in [0.25, 0.3) is 0 Å². The van der Waals surface area contributed by atoms with Crippen molar-refractivity contribution < 1.29 is 23.8 Å². The standard InChI is InChI=1S/C22H35N3O5/c1-22(2,3)30-21(27)24-11-12-28-13-14-29-20(26)16-9-10-19(18(23)15-16)25-17-7-5-4-6-8-17/h9-10,15,17,25H,4-8,11-14,23H2,1-3H3,(H,24,27). The summed E-state index contributed by atoms with van der Waals surface area (Å²) in [5.74, 6) is -0.443. The molecule has 30 heavy (non-hydrogen) atoms. The number of nitrogens with one attached hydrogen (secondary N) is 2. The SMILES string of the molecule is CC(C)(C)OC(=O)NCCOCCOC(=O)c1ccc(NC2CCCCC2)c(N)c1. The number of amides is 1. The maximum absolute atomic E-state index is 12.2. The summed E-state index contributed by atoms with van der Waals surface area (Å²) < 4.78 is 15.7. The highest BCUT2D eigenvalue weighted by Crippen LogP contribution is 2.26. The lowest BCUT2D eigenvalue weighted by atomic mass is 9.95. The Kier molecular flexibility index (Phi) is 9.23. The van der Waals surface area contributed by atoms with Crippen LogP contribution in [0.3, 0.4) is 0 Å². The van der Waals surface area contributed by atoms with Gasteiger partial charge in [0.2, 0.25) is 0 Å². The van der Waals surface area contributed by atoms with Crippen LogP contribution in [-0.2, 0) is 14.2 Å². The summed E-state index contributed by atoms with van der Waals surface area (Å²) in [6.45, 7) is 6.36. The Morgan fingerprint density at radius 1 is 1.10 bits per heavy atom. The number of hydrogen-bond acceptors (Lipinski definition) is 7. The highest BCUT2D eigenvalue weighted by atomic mass is 16.6. The van der Waals surface area contributed by atoms with E-state index in [0.29, 0.717) is 30.4 Å². The molecule has 1 aromatic rings. The van der Waals surface area contributed by atoms with Crippen molar-refractivity contribution in [1.82, 2.24) is 5.32 Å². The average Bonchev–Trinajstić information content (AvgIpc) is 2.68. The number of carbonyl (C=O) groups excluding carboxylic acids is 2. The van der Waals surface area contributed by atoms with E-state index >= 15 is 0 Å². The van der Waals surface area contributed by atoms with Crippen LogP contribution in [0.15, 0.2) is 18.2 Å². The summed E-state index contributed by atoms with van der Waals surface area (Å²) in [5.41, 5.74) is 7.39. The molecule has 2 rings (SSSR count). The van der Waals surface area contributed by atoms with Gasteiger partial charge in [-0.15, -0.1) is 0 Å². The second kappa shape index (κ2) is 11.6. The summed E-state index contributed by atoms with van der Waals surface area (Å²) in [6, 6.07) is 5.63. The maximum atomic E-state index is 12.2. The molecule has 0 unspecified atom stereocenters. The number of rotatable bonds is 9. The zero-order chi connectivity index (χ0) is 22.0. The first-order chi connectivity index (χ1) is 14.2. The normalized spacial score (nSPS) is 14.8. The van der Waals surface area contributed by atoms with E-state index in [1.54, 1.807) is 32.9 Å². The molecule has 1 amide bonds. The van der Waals surface area contributed by atoms with E-state index in [4.69, 9.17) is 19.9 Å². The van der Waals surface area contributed by atoms with E-state index in [9.17, 15) is 9.59 Å². The minimum absolute atomic E-state index is 0.118. The molecule has 1 aliphatic carbocycles. The summed E-state index contributed by atoms with van der Waals surface area (Å²) in [5, 5.41) is 6.06. The van der Waals surface area contributed by atoms with Gasteiger partial charge in [-0.1, -0.05) is 19.3 Å². The zero-order valence-electron chi connectivity index (χ0n) is 18.3. The van der Waals surface area contributed by atoms with Gasteiger partial charge in [-0.05, 0) is 51.8 Å². The van der Waals surface area contributed by atoms with Crippen LogP contribution in [0.4, 0.5) is 16.2 Å². The lowest BCUT2D eigenvalue weighted by molar-refractivity contribution is 0.0308. The number of ether oxygens (including phenoxy) is 3. The van der Waals surface area contributed by atoms with Crippen molar-refractivity contribution in [2.45, 2.75) is 64.5 Å². The van der Waals surface area contributed by atoms with Gasteiger partial charge in [-0.25, -0.2) is 9.59 Å². The number of nitrogens with two attached hydrogens (primary N) is 1. The minimum Gasteiger partial charge on any atom is -0.460 e. The molecule has 4 N–H and O–H groups in total. The average molecular weight is 422 g/mol. The van der Waals surface area contributed by atoms with Gasteiger partial charge in [-0.2, -0.15) is 0 Å². The largest absolute Gasteiger partial charge is 0.460 e. The van der Waals surface area contributed by atoms with Crippen LogP contribution in [0.5, 0.6) is 0 Å². The number of hydrogen-bond donors (Lipinski definition) is 3. The molecule has 8 nitrogen and oxygen atoms in total. The molecule has 0 aromatic heterocycles. The topological polar surface area (TPSA) is 112 Å². The zero-order valence-corrected chi connectivity index (χ0v) is 18.3. The van der Waals surface area contributed by atoms with E-state index < -0.39 is 17.7 Å². The molecule has 0 saturated heterocycles. The third kappa shape index (κ3) is 8.90. The molecule has 0 aliphatic heterocycles. The van der Waals surface area contributed by atoms with E-state index in [0.717, 1.165) is 18.5 Å². The van der Waals surface area contributed by atoms with Gasteiger partial charge >= 0.3 is 12.1 Å². The number of carbonyl (C=O) groups is 2. The quantitative estimate of drug-likeness (QED) is 0.316. The first-order valence-corrected chi connectivity index (χ1v) is 10.6. The second-order valence-electron chi connectivity index (χ2n) is 8.46. The Hall–Kier alpha value is -2.48. The van der Waals surface area contributed by atoms with E-state index in [1.807, 2.05) is 6.07 Å². The lowest BCUT2D eigenvalue weighted by Gasteiger charge is -2.24. The summed E-state index contributed by atoms with van der Waals surface area (Å²) in [7, 11) is 0. The van der Waals surface area contributed by atoms with Crippen LogP contribution >= 0.6 is 0 Å². The maximum Gasteiger partial charge on any atom is 0.407 e. The molecule has 0 spiro atoms. The van der Waals surface area contributed by atoms with Crippen LogP contribution in [0.1, 0.15) is 63.2 Å². The van der Waals surface area contributed by atoms with Gasteiger partial charge in [0.15, 0.2) is 0 Å². The van der Waals surface area contributed by atoms with Gasteiger partial charge < -0.3 is 30.6 Å². The molecular weight excluding hydrogens is 386 g/mol. The Morgan fingerprint density at radius 2 is 1.83 bits per heavy atom. The monoisotopic (exact) mass is 421 g/mol. The molecule has 0 heterocycles. The van der Waals surface area contributed by atoms with Gasteiger partial charge in [-0.3, -0.25) is 0 Å². The molecule has 0 atom stereocenters. The molecule has 1 aliphatic rings. The van der Waals surface area contributed by atoms with Crippen molar-refractivity contribution in [2.75, 3.05) is 37.4 Å². The predicted octanol–water partition coefficient (Wildman–Crippen LogP) is 3.71. The summed E-state index contributed by atoms with van der Waals surface area (Å²) in [4.78, 5) is 23.7. The fourth-order valence-corrected chi connectivity index (χ4v) is 3.21. The molecular formula is C22H35N3O5. The van der Waals surface area contributed by atoms with Gasteiger partial charge in [0.25, 0.3) is 0 Å². The Morgan fingerprint density at radius 3 is 2.50 bits per heavy atom. The molecule has 0 bridgehead atoms. The van der Waals surface area contributed by atoms with Gasteiger partial charge in [0.05, 0.1) is 30.2 Å². The van der Waals surface area contributed by atoms with Gasteiger partial charge in [0, 0.05) is 12.6 Å². The molecule has 0 radical (unpaired) electrons. The molecule has 1 saturated carbocycles. The third-order valence-corrected chi connectivity index (χ3v) is 4.63. The number of benzene rings is 1. The highest BCUT2D eigenvalue weighted by molar-refractivity contribution is 5.92. The Labute approximate surface area is 178 Å². The fourth-order valence-electron chi connectivity index (χ4n) is 3.21. The van der Waals surface area contributed by atoms with E-state index in [1.165, 1.54) is 19.3 Å². The van der Waals surface area contributed by atoms with Crippen molar-refractivity contribution in [2.24, 2.45) is 0 Å². The van der Waals surface area contributed by atoms with Gasteiger partial charge in [0.1, 0.15) is 12.2 Å². The van der Waals surface area contributed by atoms with Crippen molar-refractivity contribution in [3.63, 3.8) is 0 Å². The molecule has 1 aromatic carbocycles. The minimum atomic E-state index is -0.535. The number of anilines is 2. The fraction of sp³-hybridized carbons (Fsp3) is 0.636. The smallest absolute Gasteiger partial charge is 0.407 e. The second-order valence-corrected chi connectivity index (χ2v) is 8.46. The number of nitrogen functional groups attached to an aromatic ring is 1. The Bertz CT molecular complexity index is 697. The predicted molar refractivity (Wildman–Crippen MR) is 117 cm³/mol. The molecule has 168 valence electrons. The third-order valence-electron chi connectivity index (χ3n) is 4.63. The summed E-state index contributed by atoms with van der Waals surface area (Å²) in [6.07, 6.45) is 5.58. The van der Waals surface area contributed by atoms with Crippen LogP contribution < -0.4 is 16.4 Å². The van der Waals surface area contributed by atoms with Crippen LogP contribution in [-0.4, -0.2) is 50.1 Å². The van der Waals surface area contributed by atoms with Crippen molar-refractivity contribution in [3.05, 3.63) is 23.8 Å². The van der Waals surface area contributed by atoms with Crippen molar-refractivity contribution >= 4 is 23.4 Å². The van der Waals surface area contributed by atoms with Crippen LogP contribution in [0, 0.1) is 0 Å². The van der Waals surface area contributed by atoms with Crippen LogP contribution in [0.2, 0.25) is 0 Å². The van der Waals surface area contributed by atoms with Crippen molar-refractivity contribution in [1.29, 1.82) is 0 Å². The van der Waals surface area contributed by atoms with E-state index in [-0.39, 0.29) is 13.2 Å². The Balaban J connectivity index is 1.62. The first kappa shape index (κ1) is 23.8. The van der Waals surface area contributed by atoms with Crippen molar-refractivity contribution in [3.8, 4) is 0 Å². The summed E-state index contributed by atoms with van der Waals surface area (Å²) >= 11 is 0. The molecule has 8 heteroatoms. The van der Waals surface area contributed by atoms with E-state index in [2.05, 4.69) is 10.6 Å². The number of alkyl carbamates (subject to hydrolysis) is 1. The number of esters is 1. The lowest BCUT2D eigenvalue weighted by Crippen LogP contribution is -2.34. The first-order valence-electron chi connectivity index (χ1n) is 10.6.